The van der Waals surface area contributed by atoms with Crippen LogP contribution >= 0.6 is 0 Å². The van der Waals surface area contributed by atoms with Crippen LogP contribution in [-0.4, -0.2) is 43.7 Å². The van der Waals surface area contributed by atoms with E-state index >= 15 is 0 Å². The van der Waals surface area contributed by atoms with Gasteiger partial charge in [-0.2, -0.15) is 14.4 Å². The molecule has 4 aromatic rings. The number of halogens is 1. The molecule has 0 radical (unpaired) electrons. The number of terminal acetylenes is 1. The molecule has 0 amide bonds. The smallest absolute Gasteiger partial charge is 0.312 e. The maximum atomic E-state index is 14.0. The molecule has 3 heterocycles. The number of benzene rings is 2. The summed E-state index contributed by atoms with van der Waals surface area (Å²) < 4.78 is 32.7. The first-order valence-corrected chi connectivity index (χ1v) is 12.1. The van der Waals surface area contributed by atoms with E-state index in [-0.39, 0.29) is 42.9 Å². The number of anilines is 1. The van der Waals surface area contributed by atoms with Crippen LogP contribution in [0.2, 0.25) is 0 Å². The fraction of sp³-hybridized carbons (Fsp3) is 0.250. The Labute approximate surface area is 222 Å². The van der Waals surface area contributed by atoms with Gasteiger partial charge < -0.3 is 19.9 Å². The van der Waals surface area contributed by atoms with Crippen molar-refractivity contribution in [1.82, 2.24) is 19.5 Å². The Morgan fingerprint density at radius 3 is 2.56 bits per heavy atom. The molecule has 39 heavy (non-hydrogen) atoms. The lowest BCUT2D eigenvalue weighted by molar-refractivity contribution is -0.154. The average Bonchev–Trinajstić information content (AvgIpc) is 3.50. The van der Waals surface area contributed by atoms with Gasteiger partial charge in [-0.1, -0.05) is 54.5 Å². The predicted octanol–water partition coefficient (Wildman–Crippen LogP) is 3.24. The van der Waals surface area contributed by atoms with E-state index in [0.717, 1.165) is 5.56 Å². The van der Waals surface area contributed by atoms with E-state index in [2.05, 4.69) is 20.9 Å². The molecule has 1 aliphatic rings. The molecular weight excluding hydrogens is 505 g/mol. The van der Waals surface area contributed by atoms with Gasteiger partial charge in [0.1, 0.15) is 18.6 Å². The van der Waals surface area contributed by atoms with Crippen LogP contribution in [0.15, 0.2) is 67.0 Å². The quantitative estimate of drug-likeness (QED) is 0.158. The number of carbonyl (C=O) groups is 2. The van der Waals surface area contributed by atoms with Crippen LogP contribution in [0.5, 0.6) is 5.75 Å². The number of para-hydroxylation sites is 1. The van der Waals surface area contributed by atoms with Crippen molar-refractivity contribution in [2.75, 3.05) is 12.3 Å². The number of nitrogens with zero attached hydrogens (tertiary/aromatic N) is 4. The minimum atomic E-state index is -1.49. The Bertz CT molecular complexity index is 1540. The van der Waals surface area contributed by atoms with Crippen molar-refractivity contribution < 1.29 is 28.2 Å². The Balaban J connectivity index is 1.40. The largest absolute Gasteiger partial charge is 0.461 e. The highest BCUT2D eigenvalue weighted by molar-refractivity contribution is 5.81. The molecule has 3 atom stereocenters. The van der Waals surface area contributed by atoms with Gasteiger partial charge in [0.2, 0.25) is 0 Å². The molecule has 198 valence electrons. The second kappa shape index (κ2) is 10.9. The van der Waals surface area contributed by atoms with Gasteiger partial charge in [-0.15, -0.1) is 6.42 Å². The zero-order valence-electron chi connectivity index (χ0n) is 20.7. The Morgan fingerprint density at radius 1 is 1.13 bits per heavy atom. The SMILES string of the molecule is C#C[C@]1(COC(=O)Cc2ccccc2)O[C@@H](n2cnc3c(N)nc(F)nc32)C[C@H]1CC(=O)Oc1ccccc1. The maximum Gasteiger partial charge on any atom is 0.312 e. The van der Waals surface area contributed by atoms with Crippen molar-refractivity contribution in [2.24, 2.45) is 5.92 Å². The Kier molecular flexibility index (Phi) is 7.21. The van der Waals surface area contributed by atoms with E-state index in [4.69, 9.17) is 26.4 Å². The molecule has 1 aliphatic heterocycles. The summed E-state index contributed by atoms with van der Waals surface area (Å²) in [6.07, 6.45) is 5.59. The van der Waals surface area contributed by atoms with Crippen molar-refractivity contribution in [3.63, 3.8) is 0 Å². The monoisotopic (exact) mass is 529 g/mol. The predicted molar refractivity (Wildman–Crippen MR) is 137 cm³/mol. The van der Waals surface area contributed by atoms with Crippen LogP contribution < -0.4 is 10.5 Å². The molecule has 2 aromatic carbocycles. The van der Waals surface area contributed by atoms with Gasteiger partial charge in [-0.3, -0.25) is 14.2 Å². The molecule has 5 rings (SSSR count). The van der Waals surface area contributed by atoms with Gasteiger partial charge >= 0.3 is 18.0 Å². The molecule has 0 unspecified atom stereocenters. The van der Waals surface area contributed by atoms with E-state index in [1.54, 1.807) is 42.5 Å². The third kappa shape index (κ3) is 5.56. The number of rotatable bonds is 8. The number of hydrogen-bond acceptors (Lipinski definition) is 9. The van der Waals surface area contributed by atoms with Gasteiger partial charge in [0.25, 0.3) is 0 Å². The number of fused-ring (bicyclic) bond motifs is 1. The van der Waals surface area contributed by atoms with Crippen LogP contribution in [0.1, 0.15) is 24.6 Å². The summed E-state index contributed by atoms with van der Waals surface area (Å²) >= 11 is 0. The summed E-state index contributed by atoms with van der Waals surface area (Å²) in [5, 5.41) is 0. The number of esters is 2. The lowest BCUT2D eigenvalue weighted by Gasteiger charge is -2.28. The third-order valence-electron chi connectivity index (χ3n) is 6.49. The van der Waals surface area contributed by atoms with Crippen molar-refractivity contribution >= 4 is 28.9 Å². The van der Waals surface area contributed by atoms with Gasteiger partial charge in [-0.25, -0.2) is 4.98 Å². The standard InChI is InChI=1S/C28H24FN5O5/c1-2-28(16-37-22(35)13-18-9-5-3-6-10-18)19(15-23(36)38-20-11-7-4-8-12-20)14-21(39-28)34-17-31-24-25(30)32-27(29)33-26(24)34/h1,3-12,17,19,21H,13-16H2,(H2,30,32,33)/t19-,21+,28+/m0/s1. The summed E-state index contributed by atoms with van der Waals surface area (Å²) in [7, 11) is 0. The summed E-state index contributed by atoms with van der Waals surface area (Å²) in [6, 6.07) is 17.7. The number of carbonyl (C=O) groups excluding carboxylic acids is 2. The number of aromatic nitrogens is 4. The van der Waals surface area contributed by atoms with E-state index in [9.17, 15) is 14.0 Å². The van der Waals surface area contributed by atoms with Crippen molar-refractivity contribution in [3.8, 4) is 18.1 Å². The average molecular weight is 530 g/mol. The summed E-state index contributed by atoms with van der Waals surface area (Å²) in [5.74, 6) is 1.17. The molecule has 2 N–H and O–H groups in total. The lowest BCUT2D eigenvalue weighted by Crippen LogP contribution is -2.41. The normalized spacial score (nSPS) is 20.4. The highest BCUT2D eigenvalue weighted by atomic mass is 19.1. The molecule has 2 aromatic heterocycles. The van der Waals surface area contributed by atoms with Crippen molar-refractivity contribution in [3.05, 3.63) is 78.6 Å². The first kappa shape index (κ1) is 25.8. The molecule has 0 spiro atoms. The molecule has 1 fully saturated rings. The summed E-state index contributed by atoms with van der Waals surface area (Å²) in [6.45, 7) is -0.312. The van der Waals surface area contributed by atoms with Crippen LogP contribution in [-0.2, 0) is 25.5 Å². The van der Waals surface area contributed by atoms with Gasteiger partial charge in [0, 0.05) is 12.3 Å². The molecular formula is C28H24FN5O5. The van der Waals surface area contributed by atoms with Gasteiger partial charge in [-0.05, 0) is 17.7 Å². The minimum Gasteiger partial charge on any atom is -0.461 e. The maximum absolute atomic E-state index is 14.0. The molecule has 1 saturated heterocycles. The number of hydrogen-bond donors (Lipinski definition) is 1. The molecule has 11 heteroatoms. The van der Waals surface area contributed by atoms with Crippen molar-refractivity contribution in [2.45, 2.75) is 31.1 Å². The van der Waals surface area contributed by atoms with Crippen LogP contribution in [0, 0.1) is 24.3 Å². The van der Waals surface area contributed by atoms with Gasteiger partial charge in [0.15, 0.2) is 22.6 Å². The molecule has 0 bridgehead atoms. The van der Waals surface area contributed by atoms with Crippen LogP contribution in [0.4, 0.5) is 10.2 Å². The lowest BCUT2D eigenvalue weighted by atomic mass is 9.85. The Hall–Kier alpha value is -4.82. The Morgan fingerprint density at radius 2 is 1.85 bits per heavy atom. The first-order chi connectivity index (χ1) is 18.9. The number of imidazole rings is 1. The summed E-state index contributed by atoms with van der Waals surface area (Å²) in [4.78, 5) is 37.0. The van der Waals surface area contributed by atoms with Crippen molar-refractivity contribution in [1.29, 1.82) is 0 Å². The van der Waals surface area contributed by atoms with E-state index in [0.29, 0.717) is 5.75 Å². The highest BCUT2D eigenvalue weighted by Crippen LogP contribution is 2.44. The number of nitrogens with two attached hydrogens (primary N) is 1. The molecule has 0 saturated carbocycles. The second-order valence-corrected chi connectivity index (χ2v) is 9.06. The van der Waals surface area contributed by atoms with Crippen LogP contribution in [0.25, 0.3) is 11.2 Å². The number of nitrogen functional groups attached to an aromatic ring is 1. The topological polar surface area (TPSA) is 131 Å². The van der Waals surface area contributed by atoms with E-state index in [1.807, 2.05) is 18.2 Å². The number of ether oxygens (including phenoxy) is 3. The molecule has 0 aliphatic carbocycles. The third-order valence-corrected chi connectivity index (χ3v) is 6.49. The van der Waals surface area contributed by atoms with Crippen LogP contribution in [0.3, 0.4) is 0 Å². The minimum absolute atomic E-state index is 0.0350. The van der Waals surface area contributed by atoms with E-state index < -0.39 is 35.8 Å². The zero-order chi connectivity index (χ0) is 27.4. The van der Waals surface area contributed by atoms with Gasteiger partial charge in [0.05, 0.1) is 19.2 Å². The summed E-state index contributed by atoms with van der Waals surface area (Å²) in [5.41, 5.74) is 5.38. The molecule has 10 nitrogen and oxygen atoms in total. The second-order valence-electron chi connectivity index (χ2n) is 9.06. The zero-order valence-corrected chi connectivity index (χ0v) is 20.7. The fourth-order valence-electron chi connectivity index (χ4n) is 4.57. The fourth-order valence-corrected chi connectivity index (χ4v) is 4.57. The first-order valence-electron chi connectivity index (χ1n) is 12.1. The van der Waals surface area contributed by atoms with E-state index in [1.165, 1.54) is 10.9 Å². The highest BCUT2D eigenvalue weighted by Gasteiger charge is 2.50.